The van der Waals surface area contributed by atoms with E-state index in [-0.39, 0.29) is 0 Å². The summed E-state index contributed by atoms with van der Waals surface area (Å²) in [7, 11) is 3.17. The van der Waals surface area contributed by atoms with Gasteiger partial charge in [-0.05, 0) is 26.0 Å². The van der Waals surface area contributed by atoms with E-state index in [0.717, 1.165) is 0 Å². The maximum atomic E-state index is 5.82. The Hall–Kier alpha value is -1.09. The minimum atomic E-state index is -0.443. The zero-order chi connectivity index (χ0) is 12.2. The van der Waals surface area contributed by atoms with Gasteiger partial charge >= 0.3 is 0 Å². The van der Waals surface area contributed by atoms with E-state index in [1.165, 1.54) is 0 Å². The normalized spacial score (nSPS) is 11.1. The van der Waals surface area contributed by atoms with Gasteiger partial charge in [-0.25, -0.2) is 0 Å². The lowest BCUT2D eigenvalue weighted by Crippen LogP contribution is -2.30. The SMILES string of the molecule is COc1cccc(OC(C)(C)CCl)c1OC. The number of methoxy groups -OCH3 is 2. The van der Waals surface area contributed by atoms with Crippen molar-refractivity contribution >= 4 is 11.6 Å². The molecule has 0 aliphatic heterocycles. The van der Waals surface area contributed by atoms with Crippen molar-refractivity contribution in [1.82, 2.24) is 0 Å². The Balaban J connectivity index is 3.04. The van der Waals surface area contributed by atoms with E-state index < -0.39 is 5.60 Å². The largest absolute Gasteiger partial charge is 0.493 e. The van der Waals surface area contributed by atoms with Crippen LogP contribution in [0, 0.1) is 0 Å². The highest BCUT2D eigenvalue weighted by molar-refractivity contribution is 6.18. The zero-order valence-corrected chi connectivity index (χ0v) is 10.8. The maximum absolute atomic E-state index is 5.82. The highest BCUT2D eigenvalue weighted by Crippen LogP contribution is 2.38. The van der Waals surface area contributed by atoms with Crippen molar-refractivity contribution in [3.63, 3.8) is 0 Å². The topological polar surface area (TPSA) is 27.7 Å². The summed E-state index contributed by atoms with van der Waals surface area (Å²) >= 11 is 5.82. The van der Waals surface area contributed by atoms with Gasteiger partial charge in [-0.3, -0.25) is 0 Å². The number of alkyl halides is 1. The molecule has 90 valence electrons. The van der Waals surface area contributed by atoms with Crippen LogP contribution in [0.5, 0.6) is 17.2 Å². The minimum Gasteiger partial charge on any atom is -0.493 e. The minimum absolute atomic E-state index is 0.396. The van der Waals surface area contributed by atoms with Crippen LogP contribution in [-0.2, 0) is 0 Å². The van der Waals surface area contributed by atoms with Crippen LogP contribution >= 0.6 is 11.6 Å². The van der Waals surface area contributed by atoms with Gasteiger partial charge in [0.15, 0.2) is 11.5 Å². The molecule has 16 heavy (non-hydrogen) atoms. The molecule has 0 atom stereocenters. The Bertz CT molecular complexity index is 350. The smallest absolute Gasteiger partial charge is 0.203 e. The number of hydrogen-bond donors (Lipinski definition) is 0. The molecule has 3 nitrogen and oxygen atoms in total. The molecule has 0 saturated carbocycles. The van der Waals surface area contributed by atoms with Crippen molar-refractivity contribution in [3.05, 3.63) is 18.2 Å². The van der Waals surface area contributed by atoms with Crippen molar-refractivity contribution in [2.24, 2.45) is 0 Å². The first-order valence-corrected chi connectivity index (χ1v) is 5.53. The predicted octanol–water partition coefficient (Wildman–Crippen LogP) is 3.10. The molecule has 4 heteroatoms. The molecule has 0 radical (unpaired) electrons. The van der Waals surface area contributed by atoms with Gasteiger partial charge in [0, 0.05) is 0 Å². The fourth-order valence-electron chi connectivity index (χ4n) is 1.26. The monoisotopic (exact) mass is 244 g/mol. The average Bonchev–Trinajstić information content (AvgIpc) is 2.28. The van der Waals surface area contributed by atoms with Gasteiger partial charge < -0.3 is 14.2 Å². The molecule has 0 N–H and O–H groups in total. The summed E-state index contributed by atoms with van der Waals surface area (Å²) in [5.41, 5.74) is -0.443. The molecule has 0 aliphatic rings. The summed E-state index contributed by atoms with van der Waals surface area (Å²) in [6.45, 7) is 3.83. The molecule has 0 aromatic heterocycles. The number of hydrogen-bond acceptors (Lipinski definition) is 3. The molecular weight excluding hydrogens is 228 g/mol. The van der Waals surface area contributed by atoms with Crippen molar-refractivity contribution in [3.8, 4) is 17.2 Å². The third-order valence-electron chi connectivity index (χ3n) is 2.07. The number of rotatable bonds is 5. The van der Waals surface area contributed by atoms with Gasteiger partial charge in [-0.15, -0.1) is 11.6 Å². The van der Waals surface area contributed by atoms with Crippen molar-refractivity contribution in [1.29, 1.82) is 0 Å². The van der Waals surface area contributed by atoms with Gasteiger partial charge in [0.05, 0.1) is 20.1 Å². The summed E-state index contributed by atoms with van der Waals surface area (Å²) in [6.07, 6.45) is 0. The van der Waals surface area contributed by atoms with Crippen LogP contribution in [0.2, 0.25) is 0 Å². The summed E-state index contributed by atoms with van der Waals surface area (Å²) in [6, 6.07) is 5.50. The van der Waals surface area contributed by atoms with E-state index in [1.54, 1.807) is 14.2 Å². The van der Waals surface area contributed by atoms with Gasteiger partial charge in [0.1, 0.15) is 5.60 Å². The molecule has 0 spiro atoms. The van der Waals surface area contributed by atoms with Crippen LogP contribution in [-0.4, -0.2) is 25.7 Å². The van der Waals surface area contributed by atoms with Gasteiger partial charge in [0.25, 0.3) is 0 Å². The van der Waals surface area contributed by atoms with Gasteiger partial charge in [-0.2, -0.15) is 0 Å². The highest BCUT2D eigenvalue weighted by atomic mass is 35.5. The first kappa shape index (κ1) is 13.0. The second kappa shape index (κ2) is 5.30. The van der Waals surface area contributed by atoms with Crippen LogP contribution in [0.1, 0.15) is 13.8 Å². The lowest BCUT2D eigenvalue weighted by molar-refractivity contribution is 0.128. The number of ether oxygens (including phenoxy) is 3. The molecule has 1 aromatic carbocycles. The standard InChI is InChI=1S/C12H17ClO3/c1-12(2,8-13)16-10-7-5-6-9(14-3)11(10)15-4/h5-7H,8H2,1-4H3. The van der Waals surface area contributed by atoms with Gasteiger partial charge in [0.2, 0.25) is 5.75 Å². The Kier molecular flexibility index (Phi) is 4.30. The van der Waals surface area contributed by atoms with E-state index in [9.17, 15) is 0 Å². The third kappa shape index (κ3) is 2.95. The Morgan fingerprint density at radius 3 is 2.25 bits per heavy atom. The van der Waals surface area contributed by atoms with E-state index in [0.29, 0.717) is 23.1 Å². The quantitative estimate of drug-likeness (QED) is 0.745. The molecule has 0 fully saturated rings. The number of benzene rings is 1. The van der Waals surface area contributed by atoms with Crippen LogP contribution in [0.15, 0.2) is 18.2 Å². The van der Waals surface area contributed by atoms with Crippen molar-refractivity contribution in [2.75, 3.05) is 20.1 Å². The van der Waals surface area contributed by atoms with E-state index >= 15 is 0 Å². The number of halogens is 1. The predicted molar refractivity (Wildman–Crippen MR) is 65.0 cm³/mol. The number of para-hydroxylation sites is 1. The molecule has 0 unspecified atom stereocenters. The van der Waals surface area contributed by atoms with Gasteiger partial charge in [-0.1, -0.05) is 6.07 Å². The first-order chi connectivity index (χ1) is 7.54. The molecule has 0 aliphatic carbocycles. The van der Waals surface area contributed by atoms with Crippen LogP contribution < -0.4 is 14.2 Å². The Labute approximate surface area is 101 Å². The van der Waals surface area contributed by atoms with E-state index in [4.69, 9.17) is 25.8 Å². The molecule has 0 heterocycles. The highest BCUT2D eigenvalue weighted by Gasteiger charge is 2.21. The van der Waals surface area contributed by atoms with E-state index in [1.807, 2.05) is 32.0 Å². The Morgan fingerprint density at radius 1 is 1.12 bits per heavy atom. The van der Waals surface area contributed by atoms with Crippen molar-refractivity contribution in [2.45, 2.75) is 19.4 Å². The third-order valence-corrected chi connectivity index (χ3v) is 2.72. The lowest BCUT2D eigenvalue weighted by atomic mass is 10.2. The van der Waals surface area contributed by atoms with Crippen LogP contribution in [0.3, 0.4) is 0 Å². The summed E-state index contributed by atoms with van der Waals surface area (Å²) < 4.78 is 16.2. The molecule has 0 bridgehead atoms. The fourth-order valence-corrected chi connectivity index (χ4v) is 1.32. The molecule has 0 saturated heterocycles. The second-order valence-corrected chi connectivity index (χ2v) is 4.25. The van der Waals surface area contributed by atoms with E-state index in [2.05, 4.69) is 0 Å². The molecule has 0 amide bonds. The summed E-state index contributed by atoms with van der Waals surface area (Å²) in [5.74, 6) is 2.26. The zero-order valence-electron chi connectivity index (χ0n) is 10.0. The maximum Gasteiger partial charge on any atom is 0.203 e. The van der Waals surface area contributed by atoms with Crippen LogP contribution in [0.4, 0.5) is 0 Å². The Morgan fingerprint density at radius 2 is 1.75 bits per heavy atom. The first-order valence-electron chi connectivity index (χ1n) is 5.00. The summed E-state index contributed by atoms with van der Waals surface area (Å²) in [5, 5.41) is 0. The van der Waals surface area contributed by atoms with Crippen molar-refractivity contribution < 1.29 is 14.2 Å². The second-order valence-electron chi connectivity index (χ2n) is 3.99. The molecule has 1 rings (SSSR count). The lowest BCUT2D eigenvalue weighted by Gasteiger charge is -2.25. The summed E-state index contributed by atoms with van der Waals surface area (Å²) in [4.78, 5) is 0. The van der Waals surface area contributed by atoms with Crippen LogP contribution in [0.25, 0.3) is 0 Å². The molecule has 1 aromatic rings. The fraction of sp³-hybridized carbons (Fsp3) is 0.500. The average molecular weight is 245 g/mol. The molecular formula is C12H17ClO3.